The summed E-state index contributed by atoms with van der Waals surface area (Å²) >= 11 is 1.51. The van der Waals surface area contributed by atoms with E-state index in [4.69, 9.17) is 9.84 Å². The van der Waals surface area contributed by atoms with E-state index >= 15 is 0 Å². The molecule has 0 fully saturated rings. The number of hydrogen-bond acceptors (Lipinski definition) is 5. The monoisotopic (exact) mass is 272 g/mol. The minimum absolute atomic E-state index is 0.125. The molecule has 0 spiro atoms. The molecule has 0 amide bonds. The molecule has 2 N–H and O–H groups in total. The summed E-state index contributed by atoms with van der Waals surface area (Å²) in [6.45, 7) is 2.78. The molecule has 0 aliphatic heterocycles. The normalized spacial score (nSPS) is 12.3. The Labute approximate surface area is 111 Å². The van der Waals surface area contributed by atoms with Crippen molar-refractivity contribution < 1.29 is 14.6 Å². The van der Waals surface area contributed by atoms with Crippen molar-refractivity contribution in [3.63, 3.8) is 0 Å². The van der Waals surface area contributed by atoms with Gasteiger partial charge in [0.05, 0.1) is 24.8 Å². The minimum atomic E-state index is -0.791. The van der Waals surface area contributed by atoms with Crippen molar-refractivity contribution in [2.75, 3.05) is 19.0 Å². The van der Waals surface area contributed by atoms with E-state index in [1.54, 1.807) is 7.11 Å². The van der Waals surface area contributed by atoms with E-state index in [2.05, 4.69) is 17.2 Å². The van der Waals surface area contributed by atoms with Crippen molar-refractivity contribution in [3.8, 4) is 0 Å². The molecule has 1 atom stereocenters. The lowest BCUT2D eigenvalue weighted by molar-refractivity contribution is -0.136. The molecule has 0 aliphatic carbocycles. The molecule has 1 aromatic heterocycles. The zero-order chi connectivity index (χ0) is 13.4. The molecular weight excluding hydrogens is 252 g/mol. The highest BCUT2D eigenvalue weighted by Crippen LogP contribution is 2.18. The highest BCUT2D eigenvalue weighted by atomic mass is 32.1. The second kappa shape index (κ2) is 8.05. The molecule has 18 heavy (non-hydrogen) atoms. The highest BCUT2D eigenvalue weighted by Gasteiger charge is 2.10. The van der Waals surface area contributed by atoms with Crippen molar-refractivity contribution in [2.24, 2.45) is 0 Å². The number of carboxylic acid groups (broad SMARTS) is 1. The van der Waals surface area contributed by atoms with Gasteiger partial charge in [-0.3, -0.25) is 4.79 Å². The first-order valence-electron chi connectivity index (χ1n) is 6.07. The van der Waals surface area contributed by atoms with Gasteiger partial charge in [-0.05, 0) is 6.42 Å². The Morgan fingerprint density at radius 3 is 3.06 bits per heavy atom. The van der Waals surface area contributed by atoms with E-state index in [-0.39, 0.29) is 12.5 Å². The van der Waals surface area contributed by atoms with Gasteiger partial charge in [0.1, 0.15) is 0 Å². The van der Waals surface area contributed by atoms with Crippen LogP contribution in [0.3, 0.4) is 0 Å². The van der Waals surface area contributed by atoms with Gasteiger partial charge in [-0.2, -0.15) is 0 Å². The Hall–Kier alpha value is -1.14. The van der Waals surface area contributed by atoms with Crippen LogP contribution < -0.4 is 5.32 Å². The van der Waals surface area contributed by atoms with Crippen molar-refractivity contribution in [2.45, 2.75) is 38.6 Å². The molecule has 0 radical (unpaired) electrons. The molecule has 6 heteroatoms. The van der Waals surface area contributed by atoms with Crippen LogP contribution in [-0.4, -0.2) is 35.8 Å². The number of aliphatic carboxylic acids is 1. The molecule has 1 rings (SSSR count). The number of hydrogen-bond donors (Lipinski definition) is 2. The molecule has 5 nitrogen and oxygen atoms in total. The third-order valence-electron chi connectivity index (χ3n) is 2.48. The second-order valence-electron chi connectivity index (χ2n) is 4.12. The van der Waals surface area contributed by atoms with Gasteiger partial charge in [0.25, 0.3) is 0 Å². The lowest BCUT2D eigenvalue weighted by Crippen LogP contribution is -2.24. The van der Waals surface area contributed by atoms with Gasteiger partial charge < -0.3 is 15.2 Å². The van der Waals surface area contributed by atoms with Gasteiger partial charge in [-0.15, -0.1) is 11.3 Å². The fourth-order valence-corrected chi connectivity index (χ4v) is 2.47. The third-order valence-corrected chi connectivity index (χ3v) is 3.30. The topological polar surface area (TPSA) is 71.5 Å². The standard InChI is InChI=1S/C12H20N2O3S/c1-3-4-9(7-17-2)13-12-14-10(8-18-12)5-6-11(15)16/h8-9H,3-7H2,1-2H3,(H,13,14)(H,15,16). The molecule has 0 saturated heterocycles. The summed E-state index contributed by atoms with van der Waals surface area (Å²) in [5.41, 5.74) is 0.831. The fraction of sp³-hybridized carbons (Fsp3) is 0.667. The summed E-state index contributed by atoms with van der Waals surface area (Å²) in [5.74, 6) is -0.791. The first kappa shape index (κ1) is 14.9. The molecule has 1 unspecified atom stereocenters. The molecule has 0 aliphatic rings. The van der Waals surface area contributed by atoms with Gasteiger partial charge in [0, 0.05) is 18.9 Å². The first-order chi connectivity index (χ1) is 8.65. The SMILES string of the molecule is CCCC(COC)Nc1nc(CCC(=O)O)cs1. The summed E-state index contributed by atoms with van der Waals surface area (Å²) in [5, 5.41) is 14.7. The van der Waals surface area contributed by atoms with Gasteiger partial charge >= 0.3 is 5.97 Å². The maximum atomic E-state index is 10.5. The van der Waals surface area contributed by atoms with Crippen LogP contribution in [0.1, 0.15) is 31.9 Å². The summed E-state index contributed by atoms with van der Waals surface area (Å²) in [6, 6.07) is 0.262. The zero-order valence-corrected chi connectivity index (χ0v) is 11.6. The van der Waals surface area contributed by atoms with E-state index in [0.29, 0.717) is 13.0 Å². The maximum absolute atomic E-state index is 10.5. The Bertz CT molecular complexity index is 362. The molecule has 0 saturated carbocycles. The molecule has 102 valence electrons. The Morgan fingerprint density at radius 2 is 2.44 bits per heavy atom. The molecule has 0 bridgehead atoms. The lowest BCUT2D eigenvalue weighted by Gasteiger charge is -2.15. The maximum Gasteiger partial charge on any atom is 0.303 e. The highest BCUT2D eigenvalue weighted by molar-refractivity contribution is 7.13. The van der Waals surface area contributed by atoms with Crippen LogP contribution in [0.4, 0.5) is 5.13 Å². The van der Waals surface area contributed by atoms with E-state index in [0.717, 1.165) is 23.7 Å². The third kappa shape index (κ3) is 5.46. The van der Waals surface area contributed by atoms with E-state index in [9.17, 15) is 4.79 Å². The lowest BCUT2D eigenvalue weighted by atomic mass is 10.2. The summed E-state index contributed by atoms with van der Waals surface area (Å²) in [6.07, 6.45) is 2.71. The van der Waals surface area contributed by atoms with Gasteiger partial charge in [-0.1, -0.05) is 13.3 Å². The Balaban J connectivity index is 2.48. The largest absolute Gasteiger partial charge is 0.481 e. The number of methoxy groups -OCH3 is 1. The van der Waals surface area contributed by atoms with Crippen LogP contribution >= 0.6 is 11.3 Å². The van der Waals surface area contributed by atoms with Crippen LogP contribution in [0, 0.1) is 0 Å². The number of thiazole rings is 1. The number of carboxylic acids is 1. The van der Waals surface area contributed by atoms with Crippen LogP contribution in [0.15, 0.2) is 5.38 Å². The number of aryl methyl sites for hydroxylation is 1. The van der Waals surface area contributed by atoms with Crippen molar-refractivity contribution in [3.05, 3.63) is 11.1 Å². The fourth-order valence-electron chi connectivity index (χ4n) is 1.64. The molecule has 0 aromatic carbocycles. The number of rotatable bonds is 9. The smallest absolute Gasteiger partial charge is 0.303 e. The molecule has 1 heterocycles. The average molecular weight is 272 g/mol. The van der Waals surface area contributed by atoms with Crippen molar-refractivity contribution in [1.82, 2.24) is 4.98 Å². The predicted molar refractivity (Wildman–Crippen MR) is 72.3 cm³/mol. The van der Waals surface area contributed by atoms with Crippen LogP contribution in [0.25, 0.3) is 0 Å². The molecule has 1 aromatic rings. The minimum Gasteiger partial charge on any atom is -0.481 e. The van der Waals surface area contributed by atoms with E-state index in [1.807, 2.05) is 5.38 Å². The number of carbonyl (C=O) groups is 1. The summed E-state index contributed by atoms with van der Waals surface area (Å²) in [4.78, 5) is 14.8. The van der Waals surface area contributed by atoms with Crippen LogP contribution in [0.2, 0.25) is 0 Å². The number of nitrogens with one attached hydrogen (secondary N) is 1. The first-order valence-corrected chi connectivity index (χ1v) is 6.95. The Kier molecular flexibility index (Phi) is 6.67. The van der Waals surface area contributed by atoms with Crippen molar-refractivity contribution in [1.29, 1.82) is 0 Å². The number of ether oxygens (including phenoxy) is 1. The predicted octanol–water partition coefficient (Wildman–Crippen LogP) is 2.39. The number of anilines is 1. The van der Waals surface area contributed by atoms with Crippen LogP contribution in [0.5, 0.6) is 0 Å². The zero-order valence-electron chi connectivity index (χ0n) is 10.8. The van der Waals surface area contributed by atoms with Gasteiger partial charge in [0.15, 0.2) is 5.13 Å². The molecular formula is C12H20N2O3S. The van der Waals surface area contributed by atoms with E-state index < -0.39 is 5.97 Å². The number of aromatic nitrogens is 1. The van der Waals surface area contributed by atoms with Gasteiger partial charge in [-0.25, -0.2) is 4.98 Å². The summed E-state index contributed by atoms with van der Waals surface area (Å²) in [7, 11) is 1.68. The van der Waals surface area contributed by atoms with E-state index in [1.165, 1.54) is 11.3 Å². The van der Waals surface area contributed by atoms with Crippen molar-refractivity contribution >= 4 is 22.4 Å². The number of nitrogens with zero attached hydrogens (tertiary/aromatic N) is 1. The quantitative estimate of drug-likeness (QED) is 0.722. The Morgan fingerprint density at radius 1 is 1.67 bits per heavy atom. The summed E-state index contributed by atoms with van der Waals surface area (Å²) < 4.78 is 5.15. The van der Waals surface area contributed by atoms with Crippen LogP contribution in [-0.2, 0) is 16.0 Å². The second-order valence-corrected chi connectivity index (χ2v) is 4.98. The average Bonchev–Trinajstić information content (AvgIpc) is 2.75. The van der Waals surface area contributed by atoms with Gasteiger partial charge in [0.2, 0.25) is 0 Å².